The lowest BCUT2D eigenvalue weighted by molar-refractivity contribution is 0.112. The van der Waals surface area contributed by atoms with Gasteiger partial charge in [0.15, 0.2) is 0 Å². The predicted molar refractivity (Wildman–Crippen MR) is 90.9 cm³/mol. The van der Waals surface area contributed by atoms with Crippen molar-refractivity contribution in [2.75, 3.05) is 7.11 Å². The molecular formula is C18H25BrO2. The van der Waals surface area contributed by atoms with E-state index < -0.39 is 0 Å². The Labute approximate surface area is 136 Å². The maximum Gasteiger partial charge on any atom is 0.133 e. The molecule has 1 aromatic rings. The summed E-state index contributed by atoms with van der Waals surface area (Å²) in [5.74, 6) is 2.13. The monoisotopic (exact) mass is 352 g/mol. The first-order valence-corrected chi connectivity index (χ1v) is 8.29. The Morgan fingerprint density at radius 3 is 2.71 bits per heavy atom. The van der Waals surface area contributed by atoms with Crippen LogP contribution in [0.5, 0.6) is 11.5 Å². The molecule has 1 saturated carbocycles. The zero-order chi connectivity index (χ0) is 15.8. The van der Waals surface area contributed by atoms with Crippen molar-refractivity contribution in [3.05, 3.63) is 34.3 Å². The average Bonchev–Trinajstić information content (AvgIpc) is 2.41. The molecule has 0 unspecified atom stereocenters. The molecule has 0 spiro atoms. The molecule has 0 saturated heterocycles. The molecule has 1 N–H and O–H groups in total. The normalized spacial score (nSPS) is 24.9. The van der Waals surface area contributed by atoms with Crippen LogP contribution in [-0.4, -0.2) is 12.2 Å². The highest BCUT2D eigenvalue weighted by Crippen LogP contribution is 2.49. The largest absolute Gasteiger partial charge is 0.508 e. The Morgan fingerprint density at radius 1 is 1.43 bits per heavy atom. The Bertz CT molecular complexity index is 548. The van der Waals surface area contributed by atoms with E-state index in [0.29, 0.717) is 17.6 Å². The number of rotatable bonds is 3. The van der Waals surface area contributed by atoms with Gasteiger partial charge in [0.25, 0.3) is 0 Å². The summed E-state index contributed by atoms with van der Waals surface area (Å²) in [5, 5.41) is 10.2. The molecule has 1 aliphatic rings. The number of ether oxygens (including phenoxy) is 1. The van der Waals surface area contributed by atoms with E-state index in [-0.39, 0.29) is 5.41 Å². The number of phenolic OH excluding ortho intramolecular Hbond substituents is 1. The van der Waals surface area contributed by atoms with E-state index in [1.807, 2.05) is 6.07 Å². The maximum atomic E-state index is 10.2. The maximum absolute atomic E-state index is 10.2. The van der Waals surface area contributed by atoms with Gasteiger partial charge in [0.1, 0.15) is 11.5 Å². The highest BCUT2D eigenvalue weighted by Gasteiger charge is 2.39. The molecule has 2 nitrogen and oxygen atoms in total. The molecular weight excluding hydrogens is 328 g/mol. The minimum atomic E-state index is 0.197. The van der Waals surface area contributed by atoms with Crippen LogP contribution in [0, 0.1) is 17.3 Å². The van der Waals surface area contributed by atoms with Crippen molar-refractivity contribution in [3.8, 4) is 11.5 Å². The summed E-state index contributed by atoms with van der Waals surface area (Å²) in [6.45, 7) is 11.2. The van der Waals surface area contributed by atoms with Gasteiger partial charge in [0.05, 0.1) is 11.6 Å². The summed E-state index contributed by atoms with van der Waals surface area (Å²) >= 11 is 3.41. The van der Waals surface area contributed by atoms with Crippen molar-refractivity contribution in [1.82, 2.24) is 0 Å². The summed E-state index contributed by atoms with van der Waals surface area (Å²) in [6.07, 6.45) is 3.10. The molecule has 0 amide bonds. The van der Waals surface area contributed by atoms with Gasteiger partial charge in [0, 0.05) is 0 Å². The summed E-state index contributed by atoms with van der Waals surface area (Å²) in [7, 11) is 1.65. The number of benzene rings is 1. The molecule has 0 bridgehead atoms. The first-order valence-electron chi connectivity index (χ1n) is 7.50. The van der Waals surface area contributed by atoms with Gasteiger partial charge in [-0.1, -0.05) is 32.9 Å². The quantitative estimate of drug-likeness (QED) is 0.744. The van der Waals surface area contributed by atoms with Crippen LogP contribution in [-0.2, 0) is 6.42 Å². The van der Waals surface area contributed by atoms with Crippen LogP contribution in [0.3, 0.4) is 0 Å². The van der Waals surface area contributed by atoms with Crippen LogP contribution in [0.1, 0.15) is 39.2 Å². The Hall–Kier alpha value is -0.960. The average molecular weight is 353 g/mol. The fourth-order valence-corrected chi connectivity index (χ4v) is 3.84. The summed E-state index contributed by atoms with van der Waals surface area (Å²) in [6, 6.07) is 3.65. The zero-order valence-corrected chi connectivity index (χ0v) is 15.0. The molecule has 3 heteroatoms. The highest BCUT2D eigenvalue weighted by atomic mass is 79.9. The molecule has 2 rings (SSSR count). The molecule has 116 valence electrons. The number of methoxy groups -OCH3 is 1. The Kier molecular flexibility index (Phi) is 4.72. The van der Waals surface area contributed by atoms with Gasteiger partial charge in [-0.2, -0.15) is 0 Å². The van der Waals surface area contributed by atoms with E-state index >= 15 is 0 Å². The number of phenols is 1. The van der Waals surface area contributed by atoms with Gasteiger partial charge in [-0.25, -0.2) is 0 Å². The number of halogens is 1. The summed E-state index contributed by atoms with van der Waals surface area (Å²) in [4.78, 5) is 0. The second-order valence-corrected chi connectivity index (χ2v) is 7.65. The Balaban J connectivity index is 2.34. The molecule has 0 radical (unpaired) electrons. The minimum absolute atomic E-state index is 0.197. The zero-order valence-electron chi connectivity index (χ0n) is 13.4. The predicted octanol–water partition coefficient (Wildman–Crippen LogP) is 5.33. The second kappa shape index (κ2) is 6.04. The lowest BCUT2D eigenvalue weighted by atomic mass is 9.60. The van der Waals surface area contributed by atoms with Gasteiger partial charge in [-0.3, -0.25) is 0 Å². The van der Waals surface area contributed by atoms with E-state index in [4.69, 9.17) is 4.74 Å². The van der Waals surface area contributed by atoms with E-state index in [1.54, 1.807) is 13.2 Å². The molecule has 0 heterocycles. The van der Waals surface area contributed by atoms with Crippen LogP contribution < -0.4 is 4.74 Å². The van der Waals surface area contributed by atoms with Crippen molar-refractivity contribution in [2.45, 2.75) is 40.0 Å². The van der Waals surface area contributed by atoms with Crippen molar-refractivity contribution in [2.24, 2.45) is 17.3 Å². The Morgan fingerprint density at radius 2 is 2.10 bits per heavy atom. The van der Waals surface area contributed by atoms with Crippen LogP contribution in [0.25, 0.3) is 0 Å². The van der Waals surface area contributed by atoms with Gasteiger partial charge < -0.3 is 9.84 Å². The number of allylic oxidation sites excluding steroid dienone is 1. The SMILES string of the molecule is C=C1CC[C@H](C)C(C)(C)[C@H]1Cc1cc(OC)c(Br)cc1O. The van der Waals surface area contributed by atoms with Gasteiger partial charge in [0.2, 0.25) is 0 Å². The molecule has 0 aliphatic heterocycles. The third-order valence-corrected chi connectivity index (χ3v) is 5.96. The van der Waals surface area contributed by atoms with Crippen LogP contribution in [0.2, 0.25) is 0 Å². The third kappa shape index (κ3) is 3.13. The van der Waals surface area contributed by atoms with Crippen molar-refractivity contribution in [3.63, 3.8) is 0 Å². The molecule has 1 fully saturated rings. The standard InChI is InChI=1S/C18H25BrO2/c1-11-6-7-12(2)18(3,4)14(11)8-13-9-17(21-5)15(19)10-16(13)20/h9-10,12,14,20H,1,6-8H2,2-5H3/t12-,14-/m0/s1. The fourth-order valence-electron chi connectivity index (χ4n) is 3.35. The van der Waals surface area contributed by atoms with E-state index in [0.717, 1.165) is 28.6 Å². The molecule has 1 aliphatic carbocycles. The van der Waals surface area contributed by atoms with Gasteiger partial charge >= 0.3 is 0 Å². The van der Waals surface area contributed by atoms with E-state index in [9.17, 15) is 5.11 Å². The van der Waals surface area contributed by atoms with Gasteiger partial charge in [-0.15, -0.1) is 0 Å². The molecule has 21 heavy (non-hydrogen) atoms. The number of hydrogen-bond donors (Lipinski definition) is 1. The summed E-state index contributed by atoms with van der Waals surface area (Å²) in [5.41, 5.74) is 2.44. The first kappa shape index (κ1) is 16.4. The fraction of sp³-hybridized carbons (Fsp3) is 0.556. The van der Waals surface area contributed by atoms with Crippen molar-refractivity contribution >= 4 is 15.9 Å². The van der Waals surface area contributed by atoms with E-state index in [2.05, 4.69) is 43.3 Å². The molecule has 0 aromatic heterocycles. The minimum Gasteiger partial charge on any atom is -0.508 e. The second-order valence-electron chi connectivity index (χ2n) is 6.79. The summed E-state index contributed by atoms with van der Waals surface area (Å²) < 4.78 is 6.13. The van der Waals surface area contributed by atoms with Crippen molar-refractivity contribution < 1.29 is 9.84 Å². The first-order chi connectivity index (χ1) is 9.77. The van der Waals surface area contributed by atoms with Crippen molar-refractivity contribution in [1.29, 1.82) is 0 Å². The topological polar surface area (TPSA) is 29.5 Å². The van der Waals surface area contributed by atoms with Crippen LogP contribution >= 0.6 is 15.9 Å². The van der Waals surface area contributed by atoms with Gasteiger partial charge in [-0.05, 0) is 70.1 Å². The number of hydrogen-bond acceptors (Lipinski definition) is 2. The molecule has 2 atom stereocenters. The van der Waals surface area contributed by atoms with Crippen LogP contribution in [0.15, 0.2) is 28.8 Å². The highest BCUT2D eigenvalue weighted by molar-refractivity contribution is 9.10. The van der Waals surface area contributed by atoms with Crippen LogP contribution in [0.4, 0.5) is 0 Å². The number of aromatic hydroxyl groups is 1. The molecule has 1 aromatic carbocycles. The third-order valence-electron chi connectivity index (χ3n) is 5.34. The smallest absolute Gasteiger partial charge is 0.133 e. The van der Waals surface area contributed by atoms with E-state index in [1.165, 1.54) is 12.0 Å². The lowest BCUT2D eigenvalue weighted by Gasteiger charge is -2.45. The lowest BCUT2D eigenvalue weighted by Crippen LogP contribution is -2.37.